The van der Waals surface area contributed by atoms with E-state index in [9.17, 15) is 0 Å². The van der Waals surface area contributed by atoms with Gasteiger partial charge >= 0.3 is 0 Å². The predicted octanol–water partition coefficient (Wildman–Crippen LogP) is 0.541. The van der Waals surface area contributed by atoms with Crippen molar-refractivity contribution in [3.63, 3.8) is 0 Å². The van der Waals surface area contributed by atoms with E-state index in [4.69, 9.17) is 4.52 Å². The lowest BCUT2D eigenvalue weighted by Gasteiger charge is -2.25. The second-order valence-electron chi connectivity index (χ2n) is 3.85. The van der Waals surface area contributed by atoms with Crippen LogP contribution in [0.2, 0.25) is 0 Å². The molecule has 0 amide bonds. The molecule has 0 aliphatic carbocycles. The highest BCUT2D eigenvalue weighted by atomic mass is 16.5. The number of hydrogen-bond acceptors (Lipinski definition) is 6. The molecule has 1 N–H and O–H groups in total. The van der Waals surface area contributed by atoms with Crippen molar-refractivity contribution in [1.29, 1.82) is 0 Å². The summed E-state index contributed by atoms with van der Waals surface area (Å²) in [6.07, 6.45) is 1.71. The van der Waals surface area contributed by atoms with Gasteiger partial charge in [-0.3, -0.25) is 4.98 Å². The summed E-state index contributed by atoms with van der Waals surface area (Å²) in [4.78, 5) is 10.6. The Hall–Kier alpha value is -1.95. The standard InChI is InChI=1S/C11H13N5O/c1-2-4-13-9(3-1)10-14-11(15-17-10)16-7-5-12-6-8-16/h1-4,12H,5-8H2. The lowest BCUT2D eigenvalue weighted by molar-refractivity contribution is 0.426. The van der Waals surface area contributed by atoms with Crippen LogP contribution in [-0.2, 0) is 0 Å². The Balaban J connectivity index is 1.83. The first-order valence-electron chi connectivity index (χ1n) is 5.64. The molecule has 1 aliphatic rings. The van der Waals surface area contributed by atoms with E-state index in [0.717, 1.165) is 26.2 Å². The van der Waals surface area contributed by atoms with Crippen LogP contribution >= 0.6 is 0 Å². The van der Waals surface area contributed by atoms with Crippen LogP contribution in [0.5, 0.6) is 0 Å². The van der Waals surface area contributed by atoms with Crippen molar-refractivity contribution < 1.29 is 4.52 Å². The highest BCUT2D eigenvalue weighted by molar-refractivity contribution is 5.48. The molecule has 2 aromatic rings. The van der Waals surface area contributed by atoms with Gasteiger partial charge in [-0.05, 0) is 17.3 Å². The summed E-state index contributed by atoms with van der Waals surface area (Å²) in [6, 6.07) is 5.61. The zero-order valence-corrected chi connectivity index (χ0v) is 9.33. The first-order valence-corrected chi connectivity index (χ1v) is 5.64. The molecule has 1 aliphatic heterocycles. The van der Waals surface area contributed by atoms with Crippen molar-refractivity contribution in [3.8, 4) is 11.6 Å². The van der Waals surface area contributed by atoms with E-state index in [1.54, 1.807) is 6.20 Å². The van der Waals surface area contributed by atoms with Crippen LogP contribution in [-0.4, -0.2) is 41.3 Å². The van der Waals surface area contributed by atoms with Crippen LogP contribution in [0.3, 0.4) is 0 Å². The zero-order valence-electron chi connectivity index (χ0n) is 9.33. The zero-order chi connectivity index (χ0) is 11.5. The van der Waals surface area contributed by atoms with E-state index in [0.29, 0.717) is 17.5 Å². The van der Waals surface area contributed by atoms with Gasteiger partial charge in [0.05, 0.1) is 0 Å². The summed E-state index contributed by atoms with van der Waals surface area (Å²) >= 11 is 0. The molecule has 0 saturated carbocycles. The van der Waals surface area contributed by atoms with E-state index in [1.807, 2.05) is 18.2 Å². The summed E-state index contributed by atoms with van der Waals surface area (Å²) in [6.45, 7) is 3.71. The molecule has 6 nitrogen and oxygen atoms in total. The monoisotopic (exact) mass is 231 g/mol. The Morgan fingerprint density at radius 3 is 2.88 bits per heavy atom. The molecule has 0 aromatic carbocycles. The minimum Gasteiger partial charge on any atom is -0.336 e. The maximum absolute atomic E-state index is 5.22. The molecule has 1 fully saturated rings. The molecule has 3 rings (SSSR count). The highest BCUT2D eigenvalue weighted by Gasteiger charge is 2.17. The predicted molar refractivity (Wildman–Crippen MR) is 62.6 cm³/mol. The first kappa shape index (κ1) is 10.2. The Bertz CT molecular complexity index is 478. The number of pyridine rings is 1. The molecule has 3 heterocycles. The average Bonchev–Trinajstić information content (AvgIpc) is 2.90. The van der Waals surface area contributed by atoms with Crippen molar-refractivity contribution in [2.24, 2.45) is 0 Å². The van der Waals surface area contributed by atoms with Gasteiger partial charge in [0.1, 0.15) is 5.69 Å². The maximum atomic E-state index is 5.22. The fraction of sp³-hybridized carbons (Fsp3) is 0.364. The van der Waals surface area contributed by atoms with Crippen LogP contribution < -0.4 is 10.2 Å². The highest BCUT2D eigenvalue weighted by Crippen LogP contribution is 2.17. The Labute approximate surface area is 98.7 Å². The third-order valence-corrected chi connectivity index (χ3v) is 2.70. The average molecular weight is 231 g/mol. The first-order chi connectivity index (χ1) is 8.43. The normalized spacial score (nSPS) is 16.1. The van der Waals surface area contributed by atoms with Gasteiger partial charge in [-0.1, -0.05) is 6.07 Å². The van der Waals surface area contributed by atoms with E-state index in [1.165, 1.54) is 0 Å². The van der Waals surface area contributed by atoms with E-state index in [-0.39, 0.29) is 0 Å². The van der Waals surface area contributed by atoms with Crippen molar-refractivity contribution in [2.45, 2.75) is 0 Å². The number of hydrogen-bond donors (Lipinski definition) is 1. The van der Waals surface area contributed by atoms with Crippen molar-refractivity contribution >= 4 is 5.95 Å². The molecule has 0 bridgehead atoms. The lowest BCUT2D eigenvalue weighted by atomic mass is 10.3. The number of nitrogens with one attached hydrogen (secondary N) is 1. The number of nitrogens with zero attached hydrogens (tertiary/aromatic N) is 4. The summed E-state index contributed by atoms with van der Waals surface area (Å²) in [5.41, 5.74) is 0.710. The molecule has 0 atom stereocenters. The lowest BCUT2D eigenvalue weighted by Crippen LogP contribution is -2.44. The summed E-state index contributed by atoms with van der Waals surface area (Å²) in [5, 5.41) is 7.27. The number of rotatable bonds is 2. The van der Waals surface area contributed by atoms with E-state index < -0.39 is 0 Å². The van der Waals surface area contributed by atoms with Crippen molar-refractivity contribution in [3.05, 3.63) is 24.4 Å². The molecular formula is C11H13N5O. The van der Waals surface area contributed by atoms with Crippen LogP contribution in [0.1, 0.15) is 0 Å². The third-order valence-electron chi connectivity index (χ3n) is 2.70. The molecule has 6 heteroatoms. The molecular weight excluding hydrogens is 218 g/mol. The minimum absolute atomic E-state index is 0.471. The van der Waals surface area contributed by atoms with Gasteiger partial charge in [0.15, 0.2) is 0 Å². The largest absolute Gasteiger partial charge is 0.336 e. The van der Waals surface area contributed by atoms with Gasteiger partial charge in [-0.2, -0.15) is 4.98 Å². The van der Waals surface area contributed by atoms with Gasteiger partial charge in [0.25, 0.3) is 11.8 Å². The smallest absolute Gasteiger partial charge is 0.278 e. The molecule has 0 spiro atoms. The Morgan fingerprint density at radius 1 is 1.24 bits per heavy atom. The maximum Gasteiger partial charge on any atom is 0.278 e. The Morgan fingerprint density at radius 2 is 2.12 bits per heavy atom. The molecule has 0 radical (unpaired) electrons. The van der Waals surface area contributed by atoms with Crippen LogP contribution in [0, 0.1) is 0 Å². The number of aromatic nitrogens is 3. The van der Waals surface area contributed by atoms with Crippen molar-refractivity contribution in [1.82, 2.24) is 20.4 Å². The fourth-order valence-electron chi connectivity index (χ4n) is 1.80. The van der Waals surface area contributed by atoms with Gasteiger partial charge in [0, 0.05) is 32.4 Å². The third kappa shape index (κ3) is 2.12. The van der Waals surface area contributed by atoms with Gasteiger partial charge in [-0.25, -0.2) is 0 Å². The summed E-state index contributed by atoms with van der Waals surface area (Å²) in [7, 11) is 0. The quantitative estimate of drug-likeness (QED) is 0.813. The van der Waals surface area contributed by atoms with Gasteiger partial charge in [0.2, 0.25) is 0 Å². The fourth-order valence-corrected chi connectivity index (χ4v) is 1.80. The van der Waals surface area contributed by atoms with Crippen molar-refractivity contribution in [2.75, 3.05) is 31.1 Å². The van der Waals surface area contributed by atoms with E-state index in [2.05, 4.69) is 25.3 Å². The molecule has 0 unspecified atom stereocenters. The molecule has 1 saturated heterocycles. The van der Waals surface area contributed by atoms with Crippen LogP contribution in [0.15, 0.2) is 28.9 Å². The summed E-state index contributed by atoms with van der Waals surface area (Å²) in [5.74, 6) is 1.12. The number of piperazine rings is 1. The summed E-state index contributed by atoms with van der Waals surface area (Å²) < 4.78 is 5.22. The topological polar surface area (TPSA) is 67.1 Å². The molecule has 2 aromatic heterocycles. The van der Waals surface area contributed by atoms with Gasteiger partial charge < -0.3 is 14.7 Å². The van der Waals surface area contributed by atoms with Crippen LogP contribution in [0.25, 0.3) is 11.6 Å². The molecule has 17 heavy (non-hydrogen) atoms. The molecule has 88 valence electrons. The second-order valence-corrected chi connectivity index (χ2v) is 3.85. The van der Waals surface area contributed by atoms with Gasteiger partial charge in [-0.15, -0.1) is 0 Å². The second kappa shape index (κ2) is 4.50. The Kier molecular flexibility index (Phi) is 2.71. The van der Waals surface area contributed by atoms with Crippen LogP contribution in [0.4, 0.5) is 5.95 Å². The SMILES string of the molecule is c1ccc(-c2nc(N3CCNCC3)no2)nc1. The number of anilines is 1. The minimum atomic E-state index is 0.471. The van der Waals surface area contributed by atoms with E-state index >= 15 is 0 Å².